The van der Waals surface area contributed by atoms with Crippen LogP contribution in [0.5, 0.6) is 0 Å². The van der Waals surface area contributed by atoms with Crippen molar-refractivity contribution in [1.29, 1.82) is 0 Å². The summed E-state index contributed by atoms with van der Waals surface area (Å²) in [7, 11) is 0. The third-order valence-electron chi connectivity index (χ3n) is 5.52. The first kappa shape index (κ1) is 15.2. The second kappa shape index (κ2) is 5.61. The van der Waals surface area contributed by atoms with Crippen LogP contribution in [0.4, 0.5) is 5.69 Å². The van der Waals surface area contributed by atoms with Crippen molar-refractivity contribution in [3.63, 3.8) is 0 Å². The van der Waals surface area contributed by atoms with Crippen LogP contribution in [-0.2, 0) is 23.9 Å². The summed E-state index contributed by atoms with van der Waals surface area (Å²) in [6, 6.07) is 7.39. The van der Waals surface area contributed by atoms with E-state index in [9.17, 15) is 14.4 Å². The van der Waals surface area contributed by atoms with Gasteiger partial charge in [-0.2, -0.15) is 0 Å². The zero-order chi connectivity index (χ0) is 16.8. The minimum absolute atomic E-state index is 0.0131. The van der Waals surface area contributed by atoms with Crippen molar-refractivity contribution in [2.24, 2.45) is 23.7 Å². The van der Waals surface area contributed by atoms with Crippen LogP contribution >= 0.6 is 0 Å². The highest BCUT2D eigenvalue weighted by atomic mass is 16.6. The summed E-state index contributed by atoms with van der Waals surface area (Å²) in [6.45, 7) is 1.55. The van der Waals surface area contributed by atoms with E-state index in [0.717, 1.165) is 18.4 Å². The molecule has 2 aliphatic carbocycles. The van der Waals surface area contributed by atoms with Gasteiger partial charge in [-0.1, -0.05) is 18.2 Å². The number of esters is 2. The van der Waals surface area contributed by atoms with Crippen LogP contribution in [0, 0.1) is 30.6 Å². The van der Waals surface area contributed by atoms with Crippen molar-refractivity contribution < 1.29 is 23.9 Å². The molecule has 3 aliphatic rings. The number of hydrogen-bond acceptors (Lipinski definition) is 5. The summed E-state index contributed by atoms with van der Waals surface area (Å²) >= 11 is 0. The van der Waals surface area contributed by atoms with E-state index in [4.69, 9.17) is 9.47 Å². The molecule has 1 aromatic carbocycles. The van der Waals surface area contributed by atoms with Gasteiger partial charge in [0.25, 0.3) is 5.91 Å². The zero-order valence-electron chi connectivity index (χ0n) is 13.4. The van der Waals surface area contributed by atoms with Crippen molar-refractivity contribution >= 4 is 23.5 Å². The molecule has 0 radical (unpaired) electrons. The van der Waals surface area contributed by atoms with Crippen LogP contribution < -0.4 is 5.32 Å². The maximum Gasteiger partial charge on any atom is 0.310 e. The van der Waals surface area contributed by atoms with Crippen LogP contribution in [0.2, 0.25) is 0 Å². The Morgan fingerprint density at radius 2 is 2.08 bits per heavy atom. The molecular weight excluding hydrogens is 310 g/mol. The lowest BCUT2D eigenvalue weighted by Crippen LogP contribution is -2.35. The Bertz CT molecular complexity index is 713. The van der Waals surface area contributed by atoms with E-state index in [1.54, 1.807) is 6.07 Å². The average molecular weight is 329 g/mol. The minimum atomic E-state index is -0.454. The van der Waals surface area contributed by atoms with Gasteiger partial charge in [-0.15, -0.1) is 0 Å². The average Bonchev–Trinajstić information content (AvgIpc) is 3.16. The largest absolute Gasteiger partial charge is 0.462 e. The van der Waals surface area contributed by atoms with Crippen molar-refractivity contribution in [2.45, 2.75) is 25.9 Å². The van der Waals surface area contributed by atoms with Crippen molar-refractivity contribution in [2.75, 3.05) is 11.9 Å². The number of ether oxygens (including phenoxy) is 2. The maximum absolute atomic E-state index is 12.4. The predicted molar refractivity (Wildman–Crippen MR) is 83.8 cm³/mol. The van der Waals surface area contributed by atoms with Gasteiger partial charge in [0.15, 0.2) is 6.61 Å². The Hall–Kier alpha value is -2.37. The molecule has 24 heavy (non-hydrogen) atoms. The molecule has 5 atom stereocenters. The first-order chi connectivity index (χ1) is 11.5. The fourth-order valence-corrected chi connectivity index (χ4v) is 4.46. The lowest BCUT2D eigenvalue weighted by molar-refractivity contribution is -0.157. The Balaban J connectivity index is 1.35. The number of hydrogen-bond donors (Lipinski definition) is 1. The highest BCUT2D eigenvalue weighted by molar-refractivity contribution is 5.94. The van der Waals surface area contributed by atoms with Gasteiger partial charge >= 0.3 is 11.9 Å². The SMILES string of the molecule is Cc1ccccc1NC(=O)COC(=O)[C@@H]1[C@H]2C[C@@H]3[C@@H]1C(=O)O[C@@H]3C2. The lowest BCUT2D eigenvalue weighted by atomic mass is 9.80. The number of carbonyl (C=O) groups is 3. The fraction of sp³-hybridized carbons (Fsp3) is 0.500. The molecule has 1 N–H and O–H groups in total. The van der Waals surface area contributed by atoms with Gasteiger partial charge < -0.3 is 14.8 Å². The molecular formula is C18H19NO5. The van der Waals surface area contributed by atoms with Gasteiger partial charge in [0.1, 0.15) is 6.10 Å². The summed E-state index contributed by atoms with van der Waals surface area (Å²) in [4.78, 5) is 36.3. The van der Waals surface area contributed by atoms with Crippen LogP contribution in [0.3, 0.4) is 0 Å². The molecule has 0 aromatic heterocycles. The summed E-state index contributed by atoms with van der Waals surface area (Å²) in [6.07, 6.45) is 1.57. The molecule has 2 saturated carbocycles. The smallest absolute Gasteiger partial charge is 0.310 e. The third kappa shape index (κ3) is 2.37. The van der Waals surface area contributed by atoms with Crippen molar-refractivity contribution in [1.82, 2.24) is 0 Å². The Morgan fingerprint density at radius 1 is 1.29 bits per heavy atom. The minimum Gasteiger partial charge on any atom is -0.462 e. The first-order valence-corrected chi connectivity index (χ1v) is 8.27. The lowest BCUT2D eigenvalue weighted by Gasteiger charge is -2.22. The number of nitrogens with one attached hydrogen (secondary N) is 1. The number of benzene rings is 1. The summed E-state index contributed by atoms with van der Waals surface area (Å²) in [5.74, 6) is -1.65. The monoisotopic (exact) mass is 329 g/mol. The van der Waals surface area contributed by atoms with E-state index < -0.39 is 11.9 Å². The summed E-state index contributed by atoms with van der Waals surface area (Å²) < 4.78 is 10.5. The van der Waals surface area contributed by atoms with Gasteiger partial charge in [-0.25, -0.2) is 0 Å². The molecule has 126 valence electrons. The van der Waals surface area contributed by atoms with E-state index in [0.29, 0.717) is 5.69 Å². The van der Waals surface area contributed by atoms with E-state index >= 15 is 0 Å². The van der Waals surface area contributed by atoms with Gasteiger partial charge in [0.2, 0.25) is 0 Å². The normalized spacial score (nSPS) is 32.5. The maximum atomic E-state index is 12.4. The number of carbonyl (C=O) groups excluding carboxylic acids is 3. The number of rotatable bonds is 4. The molecule has 4 rings (SSSR count). The van der Waals surface area contributed by atoms with E-state index in [-0.39, 0.29) is 42.3 Å². The van der Waals surface area contributed by atoms with E-state index in [2.05, 4.69) is 5.32 Å². The van der Waals surface area contributed by atoms with E-state index in [1.165, 1.54) is 0 Å². The molecule has 3 fully saturated rings. The van der Waals surface area contributed by atoms with Crippen molar-refractivity contribution in [3.8, 4) is 0 Å². The molecule has 1 aromatic rings. The molecule has 6 nitrogen and oxygen atoms in total. The topological polar surface area (TPSA) is 81.7 Å². The molecule has 1 aliphatic heterocycles. The molecule has 6 heteroatoms. The highest BCUT2D eigenvalue weighted by Gasteiger charge is 2.64. The molecule has 1 heterocycles. The van der Waals surface area contributed by atoms with Gasteiger partial charge in [0, 0.05) is 11.6 Å². The Kier molecular flexibility index (Phi) is 3.55. The van der Waals surface area contributed by atoms with Crippen LogP contribution in [0.15, 0.2) is 24.3 Å². The van der Waals surface area contributed by atoms with Gasteiger partial charge in [-0.3, -0.25) is 14.4 Å². The number of para-hydroxylation sites is 1. The highest BCUT2D eigenvalue weighted by Crippen LogP contribution is 2.57. The standard InChI is InChI=1S/C18H19NO5/c1-9-4-2-3-5-12(9)19-14(20)8-23-17(21)15-10-6-11-13(7-10)24-18(22)16(11)15/h2-5,10-11,13,15-16H,6-8H2,1H3,(H,19,20)/t10-,11-,13+,15+,16-/m0/s1. The van der Waals surface area contributed by atoms with Crippen LogP contribution in [0.1, 0.15) is 18.4 Å². The number of anilines is 1. The molecule has 0 spiro atoms. The number of amides is 1. The number of aryl methyl sites for hydroxylation is 1. The quantitative estimate of drug-likeness (QED) is 0.850. The van der Waals surface area contributed by atoms with Crippen LogP contribution in [-0.4, -0.2) is 30.6 Å². The van der Waals surface area contributed by atoms with Gasteiger partial charge in [-0.05, 0) is 37.3 Å². The molecule has 1 amide bonds. The van der Waals surface area contributed by atoms with Gasteiger partial charge in [0.05, 0.1) is 11.8 Å². The summed E-state index contributed by atoms with van der Waals surface area (Å²) in [5.41, 5.74) is 1.63. The van der Waals surface area contributed by atoms with Crippen molar-refractivity contribution in [3.05, 3.63) is 29.8 Å². The molecule has 2 bridgehead atoms. The number of fused-ring (bicyclic) bond motifs is 1. The van der Waals surface area contributed by atoms with Crippen LogP contribution in [0.25, 0.3) is 0 Å². The third-order valence-corrected chi connectivity index (χ3v) is 5.52. The summed E-state index contributed by atoms with van der Waals surface area (Å²) in [5, 5.41) is 2.72. The van der Waals surface area contributed by atoms with E-state index in [1.807, 2.05) is 25.1 Å². The predicted octanol–water partition coefficient (Wildman–Crippen LogP) is 1.67. The second-order valence-corrected chi connectivity index (χ2v) is 6.89. The zero-order valence-corrected chi connectivity index (χ0v) is 13.4. The first-order valence-electron chi connectivity index (χ1n) is 8.27. The fourth-order valence-electron chi connectivity index (χ4n) is 4.46. The molecule has 0 unspecified atom stereocenters. The Morgan fingerprint density at radius 3 is 2.88 bits per heavy atom. The second-order valence-electron chi connectivity index (χ2n) is 6.89. The molecule has 1 saturated heterocycles. The Labute approximate surface area is 139 Å².